The summed E-state index contributed by atoms with van der Waals surface area (Å²) in [5.41, 5.74) is 0. The van der Waals surface area contributed by atoms with Crippen molar-refractivity contribution in [2.45, 2.75) is 6.92 Å². The molecule has 0 aromatic carbocycles. The van der Waals surface area contributed by atoms with Gasteiger partial charge in [-0.05, 0) is 6.92 Å². The van der Waals surface area contributed by atoms with Crippen LogP contribution in [0.25, 0.3) is 0 Å². The van der Waals surface area contributed by atoms with E-state index in [-0.39, 0.29) is 6.54 Å². The summed E-state index contributed by atoms with van der Waals surface area (Å²) in [6.07, 6.45) is 0. The van der Waals surface area contributed by atoms with E-state index in [1.807, 2.05) is 19.1 Å². The van der Waals surface area contributed by atoms with E-state index in [9.17, 15) is 0 Å². The molecule has 1 N–H and O–H groups in total. The van der Waals surface area contributed by atoms with Gasteiger partial charge < -0.3 is 15.0 Å². The Labute approximate surface area is 100 Å². The maximum Gasteiger partial charge on any atom is 0.134 e. The van der Waals surface area contributed by atoms with Crippen molar-refractivity contribution in [2.24, 2.45) is 0 Å². The first kappa shape index (κ1) is 11.6. The molecule has 2 rings (SSSR count). The minimum atomic E-state index is 0.249. The Kier molecular flexibility index (Phi) is 3.73. The lowest BCUT2D eigenvalue weighted by atomic mass is 10.4. The summed E-state index contributed by atoms with van der Waals surface area (Å²) in [6, 6.07) is 3.90. The van der Waals surface area contributed by atoms with Crippen molar-refractivity contribution >= 4 is 11.6 Å². The number of hydrogen-bond acceptors (Lipinski definition) is 6. The quantitative estimate of drug-likeness (QED) is 0.769. The zero-order chi connectivity index (χ0) is 12.1. The average molecular weight is 233 g/mol. The normalized spacial score (nSPS) is 15.4. The third-order valence-corrected chi connectivity index (χ3v) is 2.51. The Bertz CT molecular complexity index is 422. The summed E-state index contributed by atoms with van der Waals surface area (Å²) in [4.78, 5) is 10.8. The lowest BCUT2D eigenvalue weighted by Gasteiger charge is -2.28. The molecule has 0 bridgehead atoms. The Morgan fingerprint density at radius 3 is 2.94 bits per heavy atom. The molecule has 1 aromatic rings. The van der Waals surface area contributed by atoms with Gasteiger partial charge in [-0.2, -0.15) is 5.26 Å². The highest BCUT2D eigenvalue weighted by Crippen LogP contribution is 2.16. The van der Waals surface area contributed by atoms with Crippen molar-refractivity contribution in [2.75, 3.05) is 43.1 Å². The standard InChI is InChI=1S/C11H15N5O/c1-9-14-10(13-3-2-12)8-11(15-9)16-4-6-17-7-5-16/h8H,3-7H2,1H3,(H,13,14,15). The van der Waals surface area contributed by atoms with Crippen LogP contribution in [0.4, 0.5) is 11.6 Å². The highest BCUT2D eigenvalue weighted by atomic mass is 16.5. The van der Waals surface area contributed by atoms with E-state index in [1.54, 1.807) is 0 Å². The molecule has 0 amide bonds. The van der Waals surface area contributed by atoms with E-state index in [0.29, 0.717) is 11.6 Å². The van der Waals surface area contributed by atoms with Gasteiger partial charge in [-0.25, -0.2) is 9.97 Å². The first-order chi connectivity index (χ1) is 8.29. The van der Waals surface area contributed by atoms with Crippen LogP contribution in [0.5, 0.6) is 0 Å². The fraction of sp³-hybridized carbons (Fsp3) is 0.545. The van der Waals surface area contributed by atoms with Crippen LogP contribution in [-0.2, 0) is 4.74 Å². The number of hydrogen-bond donors (Lipinski definition) is 1. The van der Waals surface area contributed by atoms with E-state index >= 15 is 0 Å². The molecule has 1 saturated heterocycles. The molecule has 0 unspecified atom stereocenters. The highest BCUT2D eigenvalue weighted by molar-refractivity contribution is 5.50. The lowest BCUT2D eigenvalue weighted by molar-refractivity contribution is 0.122. The molecule has 1 aliphatic heterocycles. The fourth-order valence-electron chi connectivity index (χ4n) is 1.73. The summed E-state index contributed by atoms with van der Waals surface area (Å²) >= 11 is 0. The predicted molar refractivity (Wildman–Crippen MR) is 63.9 cm³/mol. The molecule has 1 fully saturated rings. The van der Waals surface area contributed by atoms with Gasteiger partial charge in [-0.1, -0.05) is 0 Å². The lowest BCUT2D eigenvalue weighted by Crippen LogP contribution is -2.37. The van der Waals surface area contributed by atoms with Gasteiger partial charge in [0.15, 0.2) is 0 Å². The largest absolute Gasteiger partial charge is 0.378 e. The molecule has 1 aliphatic rings. The van der Waals surface area contributed by atoms with Crippen molar-refractivity contribution in [3.05, 3.63) is 11.9 Å². The number of nitrogens with zero attached hydrogens (tertiary/aromatic N) is 4. The van der Waals surface area contributed by atoms with Crippen molar-refractivity contribution in [3.63, 3.8) is 0 Å². The van der Waals surface area contributed by atoms with Crippen LogP contribution >= 0.6 is 0 Å². The molecule has 1 aromatic heterocycles. The molecule has 0 aliphatic carbocycles. The molecule has 90 valence electrons. The summed E-state index contributed by atoms with van der Waals surface area (Å²) < 4.78 is 5.30. The van der Waals surface area contributed by atoms with Crippen molar-refractivity contribution in [1.82, 2.24) is 9.97 Å². The molecule has 6 nitrogen and oxygen atoms in total. The summed E-state index contributed by atoms with van der Waals surface area (Å²) in [6.45, 7) is 5.23. The van der Waals surface area contributed by atoms with Crippen LogP contribution in [0.2, 0.25) is 0 Å². The second kappa shape index (κ2) is 5.46. The number of anilines is 2. The second-order valence-electron chi connectivity index (χ2n) is 3.77. The van der Waals surface area contributed by atoms with Crippen LogP contribution in [0, 0.1) is 18.3 Å². The Hall–Kier alpha value is -1.87. The predicted octanol–water partition coefficient (Wildman–Crippen LogP) is 0.557. The third kappa shape index (κ3) is 3.04. The number of aromatic nitrogens is 2. The van der Waals surface area contributed by atoms with Crippen LogP contribution in [0.15, 0.2) is 6.07 Å². The van der Waals surface area contributed by atoms with Gasteiger partial charge in [0, 0.05) is 19.2 Å². The number of nitriles is 1. The molecule has 0 radical (unpaired) electrons. The SMILES string of the molecule is Cc1nc(NCC#N)cc(N2CCOCC2)n1. The smallest absolute Gasteiger partial charge is 0.134 e. The van der Waals surface area contributed by atoms with Gasteiger partial charge in [0.1, 0.15) is 24.0 Å². The van der Waals surface area contributed by atoms with Crippen molar-refractivity contribution in [3.8, 4) is 6.07 Å². The second-order valence-corrected chi connectivity index (χ2v) is 3.77. The monoisotopic (exact) mass is 233 g/mol. The van der Waals surface area contributed by atoms with E-state index in [2.05, 4.69) is 20.2 Å². The first-order valence-corrected chi connectivity index (χ1v) is 5.59. The Morgan fingerprint density at radius 2 is 2.24 bits per heavy atom. The maximum absolute atomic E-state index is 8.53. The van der Waals surface area contributed by atoms with E-state index in [0.717, 1.165) is 32.1 Å². The minimum absolute atomic E-state index is 0.249. The summed E-state index contributed by atoms with van der Waals surface area (Å²) in [7, 11) is 0. The number of ether oxygens (including phenoxy) is 1. The van der Waals surface area contributed by atoms with Gasteiger partial charge in [0.05, 0.1) is 19.3 Å². The van der Waals surface area contributed by atoms with Crippen LogP contribution in [0.3, 0.4) is 0 Å². The van der Waals surface area contributed by atoms with E-state index in [1.165, 1.54) is 0 Å². The van der Waals surface area contributed by atoms with Gasteiger partial charge in [0.2, 0.25) is 0 Å². The first-order valence-electron chi connectivity index (χ1n) is 5.59. The van der Waals surface area contributed by atoms with Crippen molar-refractivity contribution in [1.29, 1.82) is 5.26 Å². The van der Waals surface area contributed by atoms with Gasteiger partial charge in [-0.15, -0.1) is 0 Å². The zero-order valence-electron chi connectivity index (χ0n) is 9.81. The summed E-state index contributed by atoms with van der Waals surface area (Å²) in [5, 5.41) is 11.5. The van der Waals surface area contributed by atoms with E-state index in [4.69, 9.17) is 10.00 Å². The Morgan fingerprint density at radius 1 is 1.47 bits per heavy atom. The molecule has 17 heavy (non-hydrogen) atoms. The van der Waals surface area contributed by atoms with Gasteiger partial charge in [-0.3, -0.25) is 0 Å². The topological polar surface area (TPSA) is 74.1 Å². The fourth-order valence-corrected chi connectivity index (χ4v) is 1.73. The van der Waals surface area contributed by atoms with E-state index < -0.39 is 0 Å². The minimum Gasteiger partial charge on any atom is -0.378 e. The van der Waals surface area contributed by atoms with Gasteiger partial charge in [0.25, 0.3) is 0 Å². The molecular formula is C11H15N5O. The third-order valence-electron chi connectivity index (χ3n) is 2.51. The molecular weight excluding hydrogens is 218 g/mol. The van der Waals surface area contributed by atoms with Crippen LogP contribution in [0.1, 0.15) is 5.82 Å². The highest BCUT2D eigenvalue weighted by Gasteiger charge is 2.13. The number of aryl methyl sites for hydroxylation is 1. The zero-order valence-corrected chi connectivity index (χ0v) is 9.81. The average Bonchev–Trinajstić information content (AvgIpc) is 2.37. The van der Waals surface area contributed by atoms with Gasteiger partial charge >= 0.3 is 0 Å². The Balaban J connectivity index is 2.15. The number of rotatable bonds is 3. The molecule has 0 atom stereocenters. The number of morpholine rings is 1. The van der Waals surface area contributed by atoms with Crippen LogP contribution in [-0.4, -0.2) is 42.8 Å². The maximum atomic E-state index is 8.53. The molecule has 0 saturated carbocycles. The molecule has 0 spiro atoms. The molecule has 6 heteroatoms. The summed E-state index contributed by atoms with van der Waals surface area (Å²) in [5.74, 6) is 2.29. The molecule has 2 heterocycles. The van der Waals surface area contributed by atoms with Crippen molar-refractivity contribution < 1.29 is 4.74 Å². The number of nitrogens with one attached hydrogen (secondary N) is 1. The van der Waals surface area contributed by atoms with Crippen LogP contribution < -0.4 is 10.2 Å².